The summed E-state index contributed by atoms with van der Waals surface area (Å²) in [5.74, 6) is 1.06. The molecule has 1 aliphatic heterocycles. The molecule has 0 atom stereocenters. The first-order valence-electron chi connectivity index (χ1n) is 5.65. The van der Waals surface area contributed by atoms with Crippen LogP contribution in [0.15, 0.2) is 4.79 Å². The Hall–Kier alpha value is -1.14. The maximum Gasteiger partial charge on any atom is 0.346 e. The smallest absolute Gasteiger partial charge is 0.308 e. The van der Waals surface area contributed by atoms with Crippen molar-refractivity contribution in [2.45, 2.75) is 32.5 Å². The fraction of sp³-hybridized carbons (Fsp3) is 0.700. The van der Waals surface area contributed by atoms with Crippen LogP contribution in [0.3, 0.4) is 0 Å². The molecule has 3 rings (SSSR count). The number of halogens is 1. The van der Waals surface area contributed by atoms with Gasteiger partial charge in [-0.2, -0.15) is 5.10 Å². The van der Waals surface area contributed by atoms with Crippen LogP contribution < -0.4 is 11.0 Å². The number of ketones is 1. The van der Waals surface area contributed by atoms with Gasteiger partial charge in [0.1, 0.15) is 12.4 Å². The van der Waals surface area contributed by atoms with Crippen molar-refractivity contribution in [2.24, 2.45) is 5.92 Å². The van der Waals surface area contributed by atoms with Crippen LogP contribution in [0.1, 0.15) is 18.7 Å². The van der Waals surface area contributed by atoms with Gasteiger partial charge in [-0.1, -0.05) is 0 Å². The number of hydrogen-bond acceptors (Lipinski definition) is 4. The van der Waals surface area contributed by atoms with Crippen molar-refractivity contribution in [1.29, 1.82) is 0 Å². The molecule has 0 radical (unpaired) electrons. The van der Waals surface area contributed by atoms with Gasteiger partial charge in [0.2, 0.25) is 0 Å². The Kier molecular flexibility index (Phi) is 3.35. The van der Waals surface area contributed by atoms with Gasteiger partial charge < -0.3 is 5.32 Å². The molecule has 6 nitrogen and oxygen atoms in total. The molecule has 1 aromatic heterocycles. The van der Waals surface area contributed by atoms with Gasteiger partial charge in [0.25, 0.3) is 0 Å². The van der Waals surface area contributed by atoms with Gasteiger partial charge in [-0.05, 0) is 12.8 Å². The molecule has 17 heavy (non-hydrogen) atoms. The number of carbonyl (C=O) groups excluding carboxylic acids is 1. The molecule has 1 fully saturated rings. The Morgan fingerprint density at radius 1 is 1.47 bits per heavy atom. The summed E-state index contributed by atoms with van der Waals surface area (Å²) in [6.07, 6.45) is 1.95. The molecule has 1 aliphatic carbocycles. The summed E-state index contributed by atoms with van der Waals surface area (Å²) in [4.78, 5) is 23.5. The maximum absolute atomic E-state index is 11.9. The predicted octanol–water partition coefficient (Wildman–Crippen LogP) is -0.451. The van der Waals surface area contributed by atoms with E-state index >= 15 is 0 Å². The van der Waals surface area contributed by atoms with E-state index in [0.29, 0.717) is 13.1 Å². The second kappa shape index (κ2) is 4.62. The summed E-state index contributed by atoms with van der Waals surface area (Å²) < 4.78 is 2.96. The highest BCUT2D eigenvalue weighted by atomic mass is 35.5. The van der Waals surface area contributed by atoms with Gasteiger partial charge >= 0.3 is 5.69 Å². The zero-order chi connectivity index (χ0) is 11.1. The second-order valence-electron chi connectivity index (χ2n) is 4.43. The van der Waals surface area contributed by atoms with Crippen molar-refractivity contribution in [3.63, 3.8) is 0 Å². The zero-order valence-corrected chi connectivity index (χ0v) is 10.2. The fourth-order valence-corrected chi connectivity index (χ4v) is 2.02. The fourth-order valence-electron chi connectivity index (χ4n) is 2.02. The molecule has 7 heteroatoms. The van der Waals surface area contributed by atoms with Gasteiger partial charge in [-0.25, -0.2) is 9.48 Å². The van der Waals surface area contributed by atoms with Crippen molar-refractivity contribution in [2.75, 3.05) is 6.54 Å². The van der Waals surface area contributed by atoms with Crippen molar-refractivity contribution in [3.8, 4) is 0 Å². The third-order valence-electron chi connectivity index (χ3n) is 3.13. The van der Waals surface area contributed by atoms with Gasteiger partial charge in [0.05, 0.1) is 6.54 Å². The number of nitrogens with zero attached hydrogens (tertiary/aromatic N) is 3. The van der Waals surface area contributed by atoms with Crippen molar-refractivity contribution >= 4 is 18.2 Å². The highest BCUT2D eigenvalue weighted by Gasteiger charge is 2.30. The van der Waals surface area contributed by atoms with E-state index in [0.717, 1.165) is 25.2 Å². The molecular formula is C10H15ClN4O2. The van der Waals surface area contributed by atoms with Crippen molar-refractivity contribution in [1.82, 2.24) is 19.7 Å². The van der Waals surface area contributed by atoms with Crippen molar-refractivity contribution in [3.05, 3.63) is 16.3 Å². The van der Waals surface area contributed by atoms with E-state index in [2.05, 4.69) is 10.4 Å². The molecule has 2 aliphatic rings. The highest BCUT2D eigenvalue weighted by Crippen LogP contribution is 2.29. The molecule has 1 aromatic rings. The van der Waals surface area contributed by atoms with E-state index in [-0.39, 0.29) is 36.3 Å². The van der Waals surface area contributed by atoms with Crippen LogP contribution in [-0.2, 0) is 24.4 Å². The number of nitrogens with one attached hydrogen (secondary N) is 1. The Morgan fingerprint density at radius 3 is 2.88 bits per heavy atom. The first-order valence-corrected chi connectivity index (χ1v) is 5.65. The lowest BCUT2D eigenvalue weighted by atomic mass is 10.3. The monoisotopic (exact) mass is 258 g/mol. The minimum absolute atomic E-state index is 0. The average Bonchev–Trinajstić information content (AvgIpc) is 3.08. The standard InChI is InChI=1S/C10H14N4O2.ClH/c15-8(7-1-2-7)6-14-10(16)13-4-3-11-5-9(13)12-14;/h7,11H,1-6H2;1H. The summed E-state index contributed by atoms with van der Waals surface area (Å²) in [7, 11) is 0. The van der Waals surface area contributed by atoms with E-state index in [1.54, 1.807) is 4.57 Å². The molecule has 1 saturated carbocycles. The van der Waals surface area contributed by atoms with Gasteiger partial charge in [0, 0.05) is 19.0 Å². The summed E-state index contributed by atoms with van der Waals surface area (Å²) in [6, 6.07) is 0. The SMILES string of the molecule is Cl.O=C(Cn1nc2n(c1=O)CCNC2)C1CC1. The minimum Gasteiger partial charge on any atom is -0.308 e. The lowest BCUT2D eigenvalue weighted by Gasteiger charge is -2.11. The Morgan fingerprint density at radius 2 is 2.24 bits per heavy atom. The summed E-state index contributed by atoms with van der Waals surface area (Å²) in [5, 5.41) is 7.33. The molecule has 0 bridgehead atoms. The molecule has 0 spiro atoms. The van der Waals surface area contributed by atoms with E-state index in [9.17, 15) is 9.59 Å². The minimum atomic E-state index is -0.148. The van der Waals surface area contributed by atoms with Crippen LogP contribution in [0.25, 0.3) is 0 Å². The Labute approximate surface area is 104 Å². The molecule has 0 aromatic carbocycles. The van der Waals surface area contributed by atoms with Crippen LogP contribution in [0.4, 0.5) is 0 Å². The Bertz CT molecular complexity index is 489. The van der Waals surface area contributed by atoms with Gasteiger partial charge in [-0.3, -0.25) is 9.36 Å². The third kappa shape index (κ3) is 2.28. The topological polar surface area (TPSA) is 68.9 Å². The van der Waals surface area contributed by atoms with Crippen LogP contribution in [0, 0.1) is 5.92 Å². The molecule has 1 N–H and O–H groups in total. The molecule has 0 saturated heterocycles. The molecule has 0 amide bonds. The molecule has 0 unspecified atom stereocenters. The number of Topliss-reactive ketones (excluding diaryl/α,β-unsaturated/α-hetero) is 1. The largest absolute Gasteiger partial charge is 0.346 e. The normalized spacial score (nSPS) is 18.4. The van der Waals surface area contributed by atoms with Crippen molar-refractivity contribution < 1.29 is 4.79 Å². The number of hydrogen-bond donors (Lipinski definition) is 1. The molecule has 2 heterocycles. The molecule has 94 valence electrons. The number of aromatic nitrogens is 3. The van der Waals surface area contributed by atoms with E-state index in [4.69, 9.17) is 0 Å². The maximum atomic E-state index is 11.9. The summed E-state index contributed by atoms with van der Waals surface area (Å²) in [6.45, 7) is 2.18. The first-order chi connectivity index (χ1) is 7.75. The van der Waals surface area contributed by atoms with E-state index in [1.807, 2.05) is 0 Å². The average molecular weight is 259 g/mol. The zero-order valence-electron chi connectivity index (χ0n) is 9.39. The highest BCUT2D eigenvalue weighted by molar-refractivity contribution is 5.85. The van der Waals surface area contributed by atoms with Gasteiger partial charge in [0.15, 0.2) is 5.78 Å². The summed E-state index contributed by atoms with van der Waals surface area (Å²) >= 11 is 0. The van der Waals surface area contributed by atoms with E-state index < -0.39 is 0 Å². The van der Waals surface area contributed by atoms with Crippen LogP contribution >= 0.6 is 12.4 Å². The van der Waals surface area contributed by atoms with Crippen LogP contribution in [-0.4, -0.2) is 26.7 Å². The number of fused-ring (bicyclic) bond motifs is 1. The first kappa shape index (κ1) is 12.3. The quantitative estimate of drug-likeness (QED) is 0.797. The summed E-state index contributed by atoms with van der Waals surface area (Å²) in [5.41, 5.74) is -0.148. The third-order valence-corrected chi connectivity index (χ3v) is 3.13. The lowest BCUT2D eigenvalue weighted by molar-refractivity contribution is -0.121. The van der Waals surface area contributed by atoms with Gasteiger partial charge in [-0.15, -0.1) is 12.4 Å². The lowest BCUT2D eigenvalue weighted by Crippen LogP contribution is -2.34. The molecular weight excluding hydrogens is 244 g/mol. The second-order valence-corrected chi connectivity index (χ2v) is 4.43. The number of carbonyl (C=O) groups is 1. The van der Waals surface area contributed by atoms with E-state index in [1.165, 1.54) is 4.68 Å². The predicted molar refractivity (Wildman–Crippen MR) is 63.2 cm³/mol. The Balaban J connectivity index is 0.00000108. The van der Waals surface area contributed by atoms with Crippen LogP contribution in [0.2, 0.25) is 0 Å². The van der Waals surface area contributed by atoms with Crippen LogP contribution in [0.5, 0.6) is 0 Å². The number of rotatable bonds is 3.